The summed E-state index contributed by atoms with van der Waals surface area (Å²) in [6, 6.07) is 9.65. The first kappa shape index (κ1) is 15.0. The molecule has 2 aromatic rings. The Bertz CT molecular complexity index is 658. The molecule has 0 heterocycles. The van der Waals surface area contributed by atoms with Crippen LogP contribution in [0.1, 0.15) is 22.8 Å². The number of hydrogen-bond donors (Lipinski definition) is 0. The Morgan fingerprint density at radius 2 is 2.05 bits per heavy atom. The third-order valence-electron chi connectivity index (χ3n) is 2.70. The van der Waals surface area contributed by atoms with Crippen molar-refractivity contribution in [1.29, 1.82) is 0 Å². The molecule has 0 spiro atoms. The first-order chi connectivity index (χ1) is 9.47. The van der Waals surface area contributed by atoms with Crippen LogP contribution in [0.3, 0.4) is 0 Å². The predicted octanol–water partition coefficient (Wildman–Crippen LogP) is 5.02. The molecule has 2 aromatic carbocycles. The zero-order valence-corrected chi connectivity index (χ0v) is 13.0. The van der Waals surface area contributed by atoms with Crippen LogP contribution in [0.15, 0.2) is 40.9 Å². The molecule has 0 N–H and O–H groups in total. The first-order valence-electron chi connectivity index (χ1n) is 5.84. The molecule has 104 valence electrons. The number of Topliss-reactive ketones (excluding diaryl/α,β-unsaturated/α-hetero) is 1. The largest absolute Gasteiger partial charge is 0.488 e. The molecule has 0 bridgehead atoms. The van der Waals surface area contributed by atoms with E-state index < -0.39 is 5.82 Å². The van der Waals surface area contributed by atoms with E-state index in [1.165, 1.54) is 19.1 Å². The van der Waals surface area contributed by atoms with E-state index in [9.17, 15) is 9.18 Å². The number of ketones is 1. The van der Waals surface area contributed by atoms with Crippen LogP contribution in [0.5, 0.6) is 5.75 Å². The average molecular weight is 358 g/mol. The number of carbonyl (C=O) groups is 1. The summed E-state index contributed by atoms with van der Waals surface area (Å²) < 4.78 is 19.7. The summed E-state index contributed by atoms with van der Waals surface area (Å²) in [7, 11) is 0. The highest BCUT2D eigenvalue weighted by Gasteiger charge is 2.10. The first-order valence-corrected chi connectivity index (χ1v) is 7.01. The van der Waals surface area contributed by atoms with Gasteiger partial charge in [0.25, 0.3) is 0 Å². The van der Waals surface area contributed by atoms with E-state index >= 15 is 0 Å². The SMILES string of the molecule is CC(=O)c1cc(Br)ccc1OCc1ccc(Cl)c(F)c1. The van der Waals surface area contributed by atoms with E-state index in [-0.39, 0.29) is 17.4 Å². The maximum atomic E-state index is 13.3. The van der Waals surface area contributed by atoms with Crippen LogP contribution in [0, 0.1) is 5.82 Å². The fourth-order valence-electron chi connectivity index (χ4n) is 1.69. The monoisotopic (exact) mass is 356 g/mol. The second-order valence-corrected chi connectivity index (χ2v) is 5.56. The molecule has 0 radical (unpaired) electrons. The summed E-state index contributed by atoms with van der Waals surface area (Å²) in [5.41, 5.74) is 1.12. The Morgan fingerprint density at radius 1 is 1.30 bits per heavy atom. The van der Waals surface area contributed by atoms with Crippen LogP contribution in [0.25, 0.3) is 0 Å². The summed E-state index contributed by atoms with van der Waals surface area (Å²) in [6.45, 7) is 1.63. The van der Waals surface area contributed by atoms with E-state index in [1.54, 1.807) is 24.3 Å². The zero-order valence-electron chi connectivity index (χ0n) is 10.6. The maximum Gasteiger partial charge on any atom is 0.163 e. The van der Waals surface area contributed by atoms with E-state index in [2.05, 4.69) is 15.9 Å². The third kappa shape index (κ3) is 3.58. The normalized spacial score (nSPS) is 10.4. The van der Waals surface area contributed by atoms with Crippen LogP contribution < -0.4 is 4.74 Å². The van der Waals surface area contributed by atoms with Crippen LogP contribution in [0.4, 0.5) is 4.39 Å². The standard InChI is InChI=1S/C15H11BrClFO2/c1-9(19)12-7-11(16)3-5-15(12)20-8-10-2-4-13(17)14(18)6-10/h2-7H,8H2,1H3. The molecule has 0 atom stereocenters. The highest BCUT2D eigenvalue weighted by molar-refractivity contribution is 9.10. The lowest BCUT2D eigenvalue weighted by molar-refractivity contribution is 0.101. The van der Waals surface area contributed by atoms with Crippen molar-refractivity contribution in [2.24, 2.45) is 0 Å². The maximum absolute atomic E-state index is 13.3. The zero-order chi connectivity index (χ0) is 14.7. The van der Waals surface area contributed by atoms with E-state index in [0.717, 1.165) is 4.47 Å². The van der Waals surface area contributed by atoms with Crippen LogP contribution in [0.2, 0.25) is 5.02 Å². The molecule has 0 aliphatic heterocycles. The fourth-order valence-corrected chi connectivity index (χ4v) is 2.17. The van der Waals surface area contributed by atoms with Gasteiger partial charge in [0.1, 0.15) is 18.2 Å². The minimum absolute atomic E-state index is 0.0711. The molecular weight excluding hydrogens is 347 g/mol. The molecule has 0 unspecified atom stereocenters. The Morgan fingerprint density at radius 3 is 2.70 bits per heavy atom. The Hall–Kier alpha value is -1.39. The molecule has 0 amide bonds. The highest BCUT2D eigenvalue weighted by atomic mass is 79.9. The molecule has 20 heavy (non-hydrogen) atoms. The van der Waals surface area contributed by atoms with Crippen molar-refractivity contribution in [2.75, 3.05) is 0 Å². The number of hydrogen-bond acceptors (Lipinski definition) is 2. The average Bonchev–Trinajstić information content (AvgIpc) is 2.41. The van der Waals surface area contributed by atoms with Crippen molar-refractivity contribution in [2.45, 2.75) is 13.5 Å². The van der Waals surface area contributed by atoms with Gasteiger partial charge in [0.2, 0.25) is 0 Å². The number of benzene rings is 2. The number of rotatable bonds is 4. The second-order valence-electron chi connectivity index (χ2n) is 4.23. The minimum atomic E-state index is -0.490. The summed E-state index contributed by atoms with van der Waals surface area (Å²) in [5, 5.41) is 0.0711. The van der Waals surface area contributed by atoms with E-state index in [1.807, 2.05) is 0 Å². The Kier molecular flexibility index (Phi) is 4.78. The van der Waals surface area contributed by atoms with Gasteiger partial charge in [-0.15, -0.1) is 0 Å². The number of ether oxygens (including phenoxy) is 1. The van der Waals surface area contributed by atoms with Gasteiger partial charge in [-0.3, -0.25) is 4.79 Å². The van der Waals surface area contributed by atoms with E-state index in [0.29, 0.717) is 16.9 Å². The molecule has 0 aliphatic rings. The molecule has 5 heteroatoms. The summed E-state index contributed by atoms with van der Waals surface area (Å²) in [4.78, 5) is 11.6. The summed E-state index contributed by atoms with van der Waals surface area (Å²) in [6.07, 6.45) is 0. The molecule has 0 saturated heterocycles. The van der Waals surface area contributed by atoms with Crippen LogP contribution in [-0.2, 0) is 6.61 Å². The van der Waals surface area contributed by atoms with Gasteiger partial charge in [0, 0.05) is 4.47 Å². The molecule has 0 saturated carbocycles. The Balaban J connectivity index is 2.18. The van der Waals surface area contributed by atoms with Gasteiger partial charge < -0.3 is 4.74 Å². The lowest BCUT2D eigenvalue weighted by Crippen LogP contribution is -2.02. The Labute approximate surface area is 129 Å². The van der Waals surface area contributed by atoms with E-state index in [4.69, 9.17) is 16.3 Å². The fraction of sp³-hybridized carbons (Fsp3) is 0.133. The van der Waals surface area contributed by atoms with Crippen molar-refractivity contribution in [1.82, 2.24) is 0 Å². The molecule has 0 aromatic heterocycles. The minimum Gasteiger partial charge on any atom is -0.488 e. The number of carbonyl (C=O) groups excluding carboxylic acids is 1. The summed E-state index contributed by atoms with van der Waals surface area (Å²) in [5.74, 6) is -0.116. The van der Waals surface area contributed by atoms with Gasteiger partial charge >= 0.3 is 0 Å². The second kappa shape index (κ2) is 6.37. The van der Waals surface area contributed by atoms with Crippen molar-refractivity contribution in [3.63, 3.8) is 0 Å². The molecule has 0 aliphatic carbocycles. The van der Waals surface area contributed by atoms with Crippen molar-refractivity contribution >= 4 is 33.3 Å². The van der Waals surface area contributed by atoms with Gasteiger partial charge in [-0.2, -0.15) is 0 Å². The third-order valence-corrected chi connectivity index (χ3v) is 3.50. The lowest BCUT2D eigenvalue weighted by Gasteiger charge is -2.10. The van der Waals surface area contributed by atoms with Gasteiger partial charge in [-0.25, -0.2) is 4.39 Å². The topological polar surface area (TPSA) is 26.3 Å². The smallest absolute Gasteiger partial charge is 0.163 e. The van der Waals surface area contributed by atoms with Crippen molar-refractivity contribution in [3.05, 3.63) is 62.8 Å². The highest BCUT2D eigenvalue weighted by Crippen LogP contribution is 2.25. The molecule has 2 rings (SSSR count). The molecule has 0 fully saturated rings. The van der Waals surface area contributed by atoms with Crippen molar-refractivity contribution in [3.8, 4) is 5.75 Å². The van der Waals surface area contributed by atoms with Crippen LogP contribution in [-0.4, -0.2) is 5.78 Å². The van der Waals surface area contributed by atoms with Gasteiger partial charge in [-0.05, 0) is 42.8 Å². The number of halogens is 3. The van der Waals surface area contributed by atoms with Crippen LogP contribution >= 0.6 is 27.5 Å². The summed E-state index contributed by atoms with van der Waals surface area (Å²) >= 11 is 8.92. The van der Waals surface area contributed by atoms with Gasteiger partial charge in [0.05, 0.1) is 10.6 Å². The molecule has 2 nitrogen and oxygen atoms in total. The van der Waals surface area contributed by atoms with Gasteiger partial charge in [-0.1, -0.05) is 33.6 Å². The van der Waals surface area contributed by atoms with Gasteiger partial charge in [0.15, 0.2) is 5.78 Å². The quantitative estimate of drug-likeness (QED) is 0.718. The van der Waals surface area contributed by atoms with Crippen molar-refractivity contribution < 1.29 is 13.9 Å². The molecular formula is C15H11BrClFO2. The lowest BCUT2D eigenvalue weighted by atomic mass is 10.1. The predicted molar refractivity (Wildman–Crippen MR) is 79.9 cm³/mol.